The smallest absolute Gasteiger partial charge is 0.335 e. The summed E-state index contributed by atoms with van der Waals surface area (Å²) in [5, 5.41) is 18.8. The molecule has 4 nitrogen and oxygen atoms in total. The van der Waals surface area contributed by atoms with Crippen LogP contribution >= 0.6 is 15.9 Å². The number of halogens is 1. The number of hydrogen-bond acceptors (Lipinski definition) is 4. The molecule has 1 rings (SSSR count). The Morgan fingerprint density at radius 1 is 1.60 bits per heavy atom. The number of phenolic OH excluding ortho intramolecular Hbond substituents is 1. The Kier molecular flexibility index (Phi) is 4.11. The number of aromatic hydroxyl groups is 1. The van der Waals surface area contributed by atoms with E-state index in [0.717, 1.165) is 0 Å². The van der Waals surface area contributed by atoms with Gasteiger partial charge in [0.15, 0.2) is 6.10 Å². The van der Waals surface area contributed by atoms with Crippen LogP contribution in [0.5, 0.6) is 5.75 Å². The fraction of sp³-hybridized carbons (Fsp3) is 0.300. The maximum atomic E-state index is 11.0. The number of aliphatic hydroxyl groups excluding tert-OH is 1. The van der Waals surface area contributed by atoms with Crippen molar-refractivity contribution in [2.24, 2.45) is 0 Å². The molecule has 0 radical (unpaired) electrons. The first kappa shape index (κ1) is 12.0. The Labute approximate surface area is 95.6 Å². The Hall–Kier alpha value is -1.07. The van der Waals surface area contributed by atoms with Crippen molar-refractivity contribution >= 4 is 21.9 Å². The molecule has 0 saturated heterocycles. The number of rotatable bonds is 3. The van der Waals surface area contributed by atoms with Gasteiger partial charge in [0, 0.05) is 6.42 Å². The van der Waals surface area contributed by atoms with Gasteiger partial charge in [-0.25, -0.2) is 4.79 Å². The SMILES string of the molecule is COC(=O)C(O)Cc1cccc(O)c1Br. The number of carbonyl (C=O) groups is 1. The molecule has 0 fully saturated rings. The van der Waals surface area contributed by atoms with Crippen LogP contribution in [0.1, 0.15) is 5.56 Å². The van der Waals surface area contributed by atoms with E-state index in [1.807, 2.05) is 0 Å². The Morgan fingerprint density at radius 2 is 2.27 bits per heavy atom. The topological polar surface area (TPSA) is 66.8 Å². The molecule has 0 bridgehead atoms. The van der Waals surface area contributed by atoms with Gasteiger partial charge in [0.2, 0.25) is 0 Å². The van der Waals surface area contributed by atoms with Gasteiger partial charge in [-0.1, -0.05) is 12.1 Å². The summed E-state index contributed by atoms with van der Waals surface area (Å²) in [4.78, 5) is 11.0. The van der Waals surface area contributed by atoms with Gasteiger partial charge >= 0.3 is 5.97 Å². The monoisotopic (exact) mass is 274 g/mol. The van der Waals surface area contributed by atoms with Gasteiger partial charge < -0.3 is 14.9 Å². The zero-order valence-electron chi connectivity index (χ0n) is 8.11. The Balaban J connectivity index is 2.81. The predicted molar refractivity (Wildman–Crippen MR) is 57.5 cm³/mol. The molecule has 1 atom stereocenters. The molecular weight excluding hydrogens is 264 g/mol. The summed E-state index contributed by atoms with van der Waals surface area (Å²) in [5.74, 6) is -0.616. The summed E-state index contributed by atoms with van der Waals surface area (Å²) in [6, 6.07) is 4.85. The molecule has 1 aromatic carbocycles. The van der Waals surface area contributed by atoms with Crippen molar-refractivity contribution < 1.29 is 19.7 Å². The highest BCUT2D eigenvalue weighted by molar-refractivity contribution is 9.10. The molecule has 0 saturated carbocycles. The number of phenols is 1. The third kappa shape index (κ3) is 2.94. The molecule has 0 aliphatic heterocycles. The van der Waals surface area contributed by atoms with E-state index in [2.05, 4.69) is 20.7 Å². The highest BCUT2D eigenvalue weighted by atomic mass is 79.9. The van der Waals surface area contributed by atoms with Crippen LogP contribution in [0.2, 0.25) is 0 Å². The minimum atomic E-state index is -1.21. The van der Waals surface area contributed by atoms with Gasteiger partial charge in [-0.3, -0.25) is 0 Å². The number of hydrogen-bond donors (Lipinski definition) is 2. The zero-order chi connectivity index (χ0) is 11.4. The van der Waals surface area contributed by atoms with Gasteiger partial charge in [0.05, 0.1) is 11.6 Å². The first-order valence-electron chi connectivity index (χ1n) is 4.28. The van der Waals surface area contributed by atoms with Crippen molar-refractivity contribution in [2.45, 2.75) is 12.5 Å². The highest BCUT2D eigenvalue weighted by Crippen LogP contribution is 2.28. The van der Waals surface area contributed by atoms with Gasteiger partial charge in [-0.05, 0) is 27.6 Å². The predicted octanol–water partition coefficient (Wildman–Crippen LogP) is 1.23. The van der Waals surface area contributed by atoms with Crippen molar-refractivity contribution in [1.82, 2.24) is 0 Å². The molecule has 0 aromatic heterocycles. The highest BCUT2D eigenvalue weighted by Gasteiger charge is 2.17. The van der Waals surface area contributed by atoms with Crippen LogP contribution < -0.4 is 0 Å². The second kappa shape index (κ2) is 5.14. The van der Waals surface area contributed by atoms with Gasteiger partial charge in [0.25, 0.3) is 0 Å². The summed E-state index contributed by atoms with van der Waals surface area (Å²) in [6.07, 6.45) is -1.12. The van der Waals surface area contributed by atoms with Crippen LogP contribution in [0.4, 0.5) is 0 Å². The standard InChI is InChI=1S/C10H11BrO4/c1-15-10(14)8(13)5-6-3-2-4-7(12)9(6)11/h2-4,8,12-13H,5H2,1H3. The molecular formula is C10H11BrO4. The average molecular weight is 275 g/mol. The molecule has 15 heavy (non-hydrogen) atoms. The number of methoxy groups -OCH3 is 1. The first-order chi connectivity index (χ1) is 7.06. The van der Waals surface area contributed by atoms with Crippen LogP contribution in [-0.4, -0.2) is 29.4 Å². The summed E-state index contributed by atoms with van der Waals surface area (Å²) in [5.41, 5.74) is 0.646. The summed E-state index contributed by atoms with van der Waals surface area (Å²) in [6.45, 7) is 0. The molecule has 2 N–H and O–H groups in total. The third-order valence-corrected chi connectivity index (χ3v) is 2.86. The van der Waals surface area contributed by atoms with E-state index >= 15 is 0 Å². The largest absolute Gasteiger partial charge is 0.507 e. The molecule has 0 aliphatic carbocycles. The van der Waals surface area contributed by atoms with Crippen molar-refractivity contribution in [3.8, 4) is 5.75 Å². The number of ether oxygens (including phenoxy) is 1. The molecule has 0 heterocycles. The van der Waals surface area contributed by atoms with Gasteiger partial charge in [-0.2, -0.15) is 0 Å². The Morgan fingerprint density at radius 3 is 2.87 bits per heavy atom. The van der Waals surface area contributed by atoms with Crippen molar-refractivity contribution in [3.63, 3.8) is 0 Å². The van der Waals surface area contributed by atoms with Crippen LogP contribution in [0.3, 0.4) is 0 Å². The van der Waals surface area contributed by atoms with E-state index in [-0.39, 0.29) is 12.2 Å². The first-order valence-corrected chi connectivity index (χ1v) is 5.07. The minimum Gasteiger partial charge on any atom is -0.507 e. The summed E-state index contributed by atoms with van der Waals surface area (Å²) < 4.78 is 4.87. The minimum absolute atomic E-state index is 0.0737. The number of benzene rings is 1. The molecule has 1 unspecified atom stereocenters. The van der Waals surface area contributed by atoms with Crippen LogP contribution in [-0.2, 0) is 16.0 Å². The third-order valence-electron chi connectivity index (χ3n) is 1.94. The second-order valence-corrected chi connectivity index (χ2v) is 3.79. The average Bonchev–Trinajstić information content (AvgIpc) is 2.23. The fourth-order valence-electron chi connectivity index (χ4n) is 1.15. The molecule has 82 valence electrons. The van der Waals surface area contributed by atoms with Crippen LogP contribution in [0.15, 0.2) is 22.7 Å². The van der Waals surface area contributed by atoms with Gasteiger partial charge in [-0.15, -0.1) is 0 Å². The summed E-state index contributed by atoms with van der Waals surface area (Å²) >= 11 is 3.17. The maximum absolute atomic E-state index is 11.0. The lowest BCUT2D eigenvalue weighted by atomic mass is 10.1. The number of carbonyl (C=O) groups excluding carboxylic acids is 1. The van der Waals surface area contributed by atoms with E-state index in [0.29, 0.717) is 10.0 Å². The van der Waals surface area contributed by atoms with Crippen molar-refractivity contribution in [1.29, 1.82) is 0 Å². The van der Waals surface area contributed by atoms with Crippen molar-refractivity contribution in [2.75, 3.05) is 7.11 Å². The molecule has 0 amide bonds. The van der Waals surface area contributed by atoms with E-state index < -0.39 is 12.1 Å². The normalized spacial score (nSPS) is 12.2. The van der Waals surface area contributed by atoms with E-state index in [1.54, 1.807) is 12.1 Å². The van der Waals surface area contributed by atoms with Crippen LogP contribution in [0.25, 0.3) is 0 Å². The quantitative estimate of drug-likeness (QED) is 0.814. The fourth-order valence-corrected chi connectivity index (χ4v) is 1.58. The lowest BCUT2D eigenvalue weighted by Gasteiger charge is -2.10. The maximum Gasteiger partial charge on any atom is 0.335 e. The number of esters is 1. The van der Waals surface area contributed by atoms with E-state index in [9.17, 15) is 15.0 Å². The second-order valence-electron chi connectivity index (χ2n) is 2.99. The Bertz CT molecular complexity index is 364. The lowest BCUT2D eigenvalue weighted by molar-refractivity contribution is -0.150. The van der Waals surface area contributed by atoms with Gasteiger partial charge in [0.1, 0.15) is 5.75 Å². The van der Waals surface area contributed by atoms with E-state index in [1.165, 1.54) is 13.2 Å². The zero-order valence-corrected chi connectivity index (χ0v) is 9.69. The van der Waals surface area contributed by atoms with E-state index in [4.69, 9.17) is 0 Å². The lowest BCUT2D eigenvalue weighted by Crippen LogP contribution is -2.24. The molecule has 0 aliphatic rings. The molecule has 1 aromatic rings. The molecule has 5 heteroatoms. The summed E-state index contributed by atoms with van der Waals surface area (Å²) in [7, 11) is 1.21. The van der Waals surface area contributed by atoms with Crippen LogP contribution in [0, 0.1) is 0 Å². The number of aliphatic hydroxyl groups is 1. The van der Waals surface area contributed by atoms with Crippen molar-refractivity contribution in [3.05, 3.63) is 28.2 Å². The molecule has 0 spiro atoms.